The van der Waals surface area contributed by atoms with E-state index in [1.165, 1.54) is 19.1 Å². The van der Waals surface area contributed by atoms with Gasteiger partial charge in [-0.05, 0) is 54.2 Å². The van der Waals surface area contributed by atoms with E-state index in [1.807, 2.05) is 32.0 Å². The molecule has 36 heavy (non-hydrogen) atoms. The molecule has 1 unspecified atom stereocenters. The van der Waals surface area contributed by atoms with Crippen LogP contribution in [0.2, 0.25) is 0 Å². The number of sulfone groups is 1. The fourth-order valence-electron chi connectivity index (χ4n) is 4.68. The monoisotopic (exact) mass is 518 g/mol. The first-order valence-corrected chi connectivity index (χ1v) is 13.8. The molecule has 2 aromatic carbocycles. The molecule has 0 fully saturated rings. The summed E-state index contributed by atoms with van der Waals surface area (Å²) < 4.78 is 44.9. The van der Waals surface area contributed by atoms with Gasteiger partial charge in [0.05, 0.1) is 29.2 Å². The Labute approximate surface area is 212 Å². The predicted molar refractivity (Wildman–Crippen MR) is 138 cm³/mol. The molecule has 0 radical (unpaired) electrons. The Morgan fingerprint density at radius 2 is 2.03 bits per heavy atom. The van der Waals surface area contributed by atoms with E-state index in [4.69, 9.17) is 4.74 Å². The molecular formula is C27H35FN2O5S. The van der Waals surface area contributed by atoms with Crippen LogP contribution in [-0.4, -0.2) is 50.5 Å². The molecule has 1 aliphatic rings. The van der Waals surface area contributed by atoms with Gasteiger partial charge in [-0.2, -0.15) is 0 Å². The van der Waals surface area contributed by atoms with Crippen LogP contribution in [0.3, 0.4) is 0 Å². The summed E-state index contributed by atoms with van der Waals surface area (Å²) >= 11 is 0. The smallest absolute Gasteiger partial charge is 0.217 e. The Morgan fingerprint density at radius 3 is 2.69 bits per heavy atom. The quantitative estimate of drug-likeness (QED) is 0.395. The molecule has 3 rings (SSSR count). The maximum Gasteiger partial charge on any atom is 0.217 e. The molecule has 0 aromatic heterocycles. The van der Waals surface area contributed by atoms with E-state index in [0.29, 0.717) is 11.3 Å². The van der Waals surface area contributed by atoms with Gasteiger partial charge in [-0.1, -0.05) is 37.8 Å². The molecular weight excluding hydrogens is 483 g/mol. The lowest BCUT2D eigenvalue weighted by atomic mass is 9.87. The van der Waals surface area contributed by atoms with Crippen molar-refractivity contribution in [2.75, 3.05) is 18.9 Å². The zero-order valence-electron chi connectivity index (χ0n) is 21.0. The van der Waals surface area contributed by atoms with Crippen LogP contribution in [0.25, 0.3) is 0 Å². The van der Waals surface area contributed by atoms with Crippen LogP contribution >= 0.6 is 0 Å². The second kappa shape index (κ2) is 11.5. The van der Waals surface area contributed by atoms with Crippen LogP contribution in [0, 0.1) is 5.82 Å². The summed E-state index contributed by atoms with van der Waals surface area (Å²) in [4.78, 5) is 11.9. The summed E-state index contributed by atoms with van der Waals surface area (Å²) in [7, 11) is -3.35. The lowest BCUT2D eigenvalue weighted by Crippen LogP contribution is -2.55. The molecule has 0 saturated heterocycles. The number of amides is 1. The van der Waals surface area contributed by atoms with E-state index < -0.39 is 33.3 Å². The third-order valence-corrected chi connectivity index (χ3v) is 8.14. The van der Waals surface area contributed by atoms with E-state index in [0.717, 1.165) is 23.1 Å². The molecule has 0 saturated carbocycles. The van der Waals surface area contributed by atoms with Crippen LogP contribution < -0.4 is 15.4 Å². The minimum absolute atomic E-state index is 0.0158. The van der Waals surface area contributed by atoms with E-state index in [2.05, 4.69) is 17.2 Å². The number of benzene rings is 2. The topological polar surface area (TPSA) is 105 Å². The lowest BCUT2D eigenvalue weighted by molar-refractivity contribution is -0.120. The predicted octanol–water partition coefficient (Wildman–Crippen LogP) is 2.79. The molecule has 0 bridgehead atoms. The Bertz CT molecular complexity index is 1220. The number of nitrogens with one attached hydrogen (secondary N) is 2. The summed E-state index contributed by atoms with van der Waals surface area (Å²) in [6.07, 6.45) is 1.44. The van der Waals surface area contributed by atoms with Crippen molar-refractivity contribution >= 4 is 15.7 Å². The second-order valence-corrected chi connectivity index (χ2v) is 11.6. The van der Waals surface area contributed by atoms with Crippen molar-refractivity contribution in [3.63, 3.8) is 0 Å². The van der Waals surface area contributed by atoms with Crippen LogP contribution in [0.5, 0.6) is 5.75 Å². The van der Waals surface area contributed by atoms with Crippen LogP contribution in [0.15, 0.2) is 49.1 Å². The number of fused-ring (bicyclic) bond motifs is 1. The SMILES string of the molecule is C=CCOc1cc(F)cc(CC(NC(C)=O)[C@H](O)CN[C@@]2(C)CS(=O)(=O)Cc3ccc(CC)cc32)c1. The summed E-state index contributed by atoms with van der Waals surface area (Å²) in [5.74, 6) is -0.642. The van der Waals surface area contributed by atoms with Crippen molar-refractivity contribution in [1.29, 1.82) is 0 Å². The number of hydrogen-bond acceptors (Lipinski definition) is 6. The molecule has 7 nitrogen and oxygen atoms in total. The zero-order valence-corrected chi connectivity index (χ0v) is 21.8. The first kappa shape index (κ1) is 27.8. The van der Waals surface area contributed by atoms with Crippen molar-refractivity contribution in [2.24, 2.45) is 0 Å². The van der Waals surface area contributed by atoms with Crippen molar-refractivity contribution in [2.45, 2.75) is 57.1 Å². The highest BCUT2D eigenvalue weighted by molar-refractivity contribution is 7.90. The first-order valence-electron chi connectivity index (χ1n) is 12.0. The van der Waals surface area contributed by atoms with E-state index in [1.54, 1.807) is 12.1 Å². The maximum absolute atomic E-state index is 14.2. The molecule has 1 aliphatic heterocycles. The van der Waals surface area contributed by atoms with Crippen molar-refractivity contribution in [1.82, 2.24) is 10.6 Å². The highest BCUT2D eigenvalue weighted by atomic mass is 32.2. The van der Waals surface area contributed by atoms with Crippen molar-refractivity contribution < 1.29 is 27.4 Å². The average Bonchev–Trinajstić information content (AvgIpc) is 2.79. The van der Waals surface area contributed by atoms with Gasteiger partial charge < -0.3 is 20.5 Å². The standard InChI is InChI=1S/C27H35FN2O5S/c1-5-9-35-23-11-20(10-22(28)14-23)13-25(30-18(3)31)26(32)15-29-27(4)17-36(33,34)16-21-8-7-19(6-2)12-24(21)27/h5,7-8,10-12,14,25-26,29,32H,1,6,9,13,15-17H2,2-4H3,(H,30,31)/t25?,26-,27+/m1/s1. The molecule has 2 aromatic rings. The van der Waals surface area contributed by atoms with E-state index in [-0.39, 0.29) is 37.0 Å². The number of aryl methyl sites for hydroxylation is 1. The van der Waals surface area contributed by atoms with Gasteiger partial charge in [-0.3, -0.25) is 4.79 Å². The van der Waals surface area contributed by atoms with Gasteiger partial charge in [0.2, 0.25) is 5.91 Å². The summed E-state index contributed by atoms with van der Waals surface area (Å²) in [6, 6.07) is 9.31. The number of hydrogen-bond donors (Lipinski definition) is 3. The molecule has 0 spiro atoms. The Kier molecular flexibility index (Phi) is 8.92. The normalized spacial score (nSPS) is 20.1. The average molecular weight is 519 g/mol. The van der Waals surface area contributed by atoms with Crippen molar-refractivity contribution in [3.8, 4) is 5.75 Å². The number of carbonyl (C=O) groups is 1. The van der Waals surface area contributed by atoms with Crippen molar-refractivity contribution in [3.05, 3.63) is 77.1 Å². The Morgan fingerprint density at radius 1 is 1.28 bits per heavy atom. The Hall–Kier alpha value is -2.75. The second-order valence-electron chi connectivity index (χ2n) is 9.56. The minimum atomic E-state index is -3.35. The van der Waals surface area contributed by atoms with Gasteiger partial charge in [0.1, 0.15) is 18.2 Å². The summed E-state index contributed by atoms with van der Waals surface area (Å²) in [5, 5.41) is 17.1. The number of carbonyl (C=O) groups excluding carboxylic acids is 1. The Balaban J connectivity index is 1.81. The van der Waals surface area contributed by atoms with Gasteiger partial charge in [0, 0.05) is 19.5 Å². The van der Waals surface area contributed by atoms with Gasteiger partial charge in [-0.15, -0.1) is 0 Å². The lowest BCUT2D eigenvalue weighted by Gasteiger charge is -2.38. The third-order valence-electron chi connectivity index (χ3n) is 6.37. The largest absolute Gasteiger partial charge is 0.489 e. The molecule has 1 amide bonds. The van der Waals surface area contributed by atoms with E-state index >= 15 is 0 Å². The molecule has 9 heteroatoms. The number of aliphatic hydroxyl groups is 1. The maximum atomic E-state index is 14.2. The van der Waals surface area contributed by atoms with E-state index in [9.17, 15) is 22.7 Å². The van der Waals surface area contributed by atoms with Crippen LogP contribution in [0.4, 0.5) is 4.39 Å². The summed E-state index contributed by atoms with van der Waals surface area (Å²) in [5.41, 5.74) is 2.36. The fourth-order valence-corrected chi connectivity index (χ4v) is 6.65. The van der Waals surface area contributed by atoms with Gasteiger partial charge >= 0.3 is 0 Å². The summed E-state index contributed by atoms with van der Waals surface area (Å²) in [6.45, 7) is 9.00. The highest BCUT2D eigenvalue weighted by Crippen LogP contribution is 2.34. The number of halogens is 1. The fraction of sp³-hybridized carbons (Fsp3) is 0.444. The third kappa shape index (κ3) is 7.15. The molecule has 196 valence electrons. The first-order chi connectivity index (χ1) is 16.9. The molecule has 3 atom stereocenters. The van der Waals surface area contributed by atoms with Gasteiger partial charge in [0.25, 0.3) is 0 Å². The van der Waals surface area contributed by atoms with Gasteiger partial charge in [0.15, 0.2) is 9.84 Å². The van der Waals surface area contributed by atoms with Gasteiger partial charge in [-0.25, -0.2) is 12.8 Å². The number of ether oxygens (including phenoxy) is 1. The molecule has 3 N–H and O–H groups in total. The number of aliphatic hydroxyl groups excluding tert-OH is 1. The number of rotatable bonds is 11. The zero-order chi connectivity index (χ0) is 26.5. The minimum Gasteiger partial charge on any atom is -0.489 e. The molecule has 0 aliphatic carbocycles. The van der Waals surface area contributed by atoms with Crippen LogP contribution in [-0.2, 0) is 38.8 Å². The highest BCUT2D eigenvalue weighted by Gasteiger charge is 2.40. The molecule has 1 heterocycles. The van der Waals surface area contributed by atoms with Crippen LogP contribution in [0.1, 0.15) is 43.0 Å².